The van der Waals surface area contributed by atoms with Gasteiger partial charge in [-0.05, 0) is 58.0 Å². The van der Waals surface area contributed by atoms with Crippen LogP contribution in [0, 0.1) is 6.92 Å². The summed E-state index contributed by atoms with van der Waals surface area (Å²) in [5.41, 5.74) is 5.32. The third kappa shape index (κ3) is 2.33. The minimum absolute atomic E-state index is 0.913. The molecule has 2 N–H and O–H groups in total. The first-order valence-electron chi connectivity index (χ1n) is 6.11. The molecule has 0 aliphatic heterocycles. The van der Waals surface area contributed by atoms with Gasteiger partial charge in [0.25, 0.3) is 0 Å². The van der Waals surface area contributed by atoms with Crippen molar-refractivity contribution in [3.63, 3.8) is 0 Å². The summed E-state index contributed by atoms with van der Waals surface area (Å²) in [5, 5.41) is 9.19. The van der Waals surface area contributed by atoms with Crippen LogP contribution < -0.4 is 5.32 Å². The van der Waals surface area contributed by atoms with Crippen LogP contribution in [0.5, 0.6) is 0 Å². The lowest BCUT2D eigenvalue weighted by Gasteiger charge is -2.05. The van der Waals surface area contributed by atoms with E-state index in [9.17, 15) is 0 Å². The molecule has 3 heteroatoms. The fourth-order valence-corrected chi connectivity index (χ4v) is 2.98. The molecular weight excluding hydrogens is 240 g/mol. The van der Waals surface area contributed by atoms with Crippen molar-refractivity contribution >= 4 is 22.2 Å². The molecule has 3 rings (SSSR count). The summed E-state index contributed by atoms with van der Waals surface area (Å²) < 4.78 is 0. The number of H-pyrrole nitrogens is 1. The lowest BCUT2D eigenvalue weighted by molar-refractivity contribution is 0.693. The normalized spacial score (nSPS) is 11.2. The molecule has 0 saturated carbocycles. The molecule has 0 fully saturated rings. The predicted octanol–water partition coefficient (Wildman–Crippen LogP) is 3.83. The second kappa shape index (κ2) is 4.96. The predicted molar refractivity (Wildman–Crippen MR) is 77.9 cm³/mol. The zero-order chi connectivity index (χ0) is 12.4. The lowest BCUT2D eigenvalue weighted by atomic mass is 10.1. The van der Waals surface area contributed by atoms with Crippen LogP contribution in [0.3, 0.4) is 0 Å². The summed E-state index contributed by atoms with van der Waals surface area (Å²) in [5.74, 6) is 0. The Balaban J connectivity index is 1.64. The highest BCUT2D eigenvalue weighted by Gasteiger charge is 2.00. The van der Waals surface area contributed by atoms with Gasteiger partial charge in [-0.15, -0.1) is 0 Å². The van der Waals surface area contributed by atoms with E-state index in [-0.39, 0.29) is 0 Å². The molecule has 0 unspecified atom stereocenters. The van der Waals surface area contributed by atoms with Crippen LogP contribution in [0.25, 0.3) is 10.9 Å². The summed E-state index contributed by atoms with van der Waals surface area (Å²) in [7, 11) is 0. The topological polar surface area (TPSA) is 27.8 Å². The van der Waals surface area contributed by atoms with E-state index >= 15 is 0 Å². The quantitative estimate of drug-likeness (QED) is 0.729. The molecule has 1 aromatic carbocycles. The second-order valence-electron chi connectivity index (χ2n) is 4.58. The van der Waals surface area contributed by atoms with Gasteiger partial charge >= 0.3 is 0 Å². The molecule has 0 saturated heterocycles. The monoisotopic (exact) mass is 256 g/mol. The van der Waals surface area contributed by atoms with Crippen LogP contribution in [-0.4, -0.2) is 4.98 Å². The maximum atomic E-state index is 3.50. The van der Waals surface area contributed by atoms with Crippen molar-refractivity contribution in [2.45, 2.75) is 20.0 Å². The Morgan fingerprint density at radius 3 is 2.94 bits per heavy atom. The number of nitrogens with one attached hydrogen (secondary N) is 2. The van der Waals surface area contributed by atoms with Crippen molar-refractivity contribution in [3.05, 3.63) is 57.9 Å². The van der Waals surface area contributed by atoms with Gasteiger partial charge in [0.15, 0.2) is 0 Å². The molecular formula is C15H16N2S. The van der Waals surface area contributed by atoms with E-state index in [2.05, 4.69) is 52.3 Å². The summed E-state index contributed by atoms with van der Waals surface area (Å²) in [6, 6.07) is 8.66. The van der Waals surface area contributed by atoms with E-state index in [4.69, 9.17) is 0 Å². The number of aryl methyl sites for hydroxylation is 1. The van der Waals surface area contributed by atoms with E-state index in [1.54, 1.807) is 11.3 Å². The molecule has 2 nitrogen and oxygen atoms in total. The molecule has 18 heavy (non-hydrogen) atoms. The summed E-state index contributed by atoms with van der Waals surface area (Å²) >= 11 is 1.77. The molecule has 0 bridgehead atoms. The number of aromatic nitrogens is 1. The minimum Gasteiger partial charge on any atom is -0.361 e. The molecule has 0 atom stereocenters. The molecule has 0 aliphatic carbocycles. The first-order chi connectivity index (χ1) is 8.83. The highest BCUT2D eigenvalue weighted by molar-refractivity contribution is 7.08. The first-order valence-corrected chi connectivity index (χ1v) is 7.05. The third-order valence-electron chi connectivity index (χ3n) is 3.22. The van der Waals surface area contributed by atoms with Crippen LogP contribution in [-0.2, 0) is 13.1 Å². The van der Waals surface area contributed by atoms with Gasteiger partial charge in [0, 0.05) is 24.8 Å². The fourth-order valence-electron chi connectivity index (χ4n) is 2.12. The smallest absolute Gasteiger partial charge is 0.0454 e. The number of rotatable bonds is 4. The van der Waals surface area contributed by atoms with Gasteiger partial charge in [-0.25, -0.2) is 0 Å². The van der Waals surface area contributed by atoms with E-state index in [0.717, 1.165) is 13.1 Å². The average Bonchev–Trinajstić information content (AvgIpc) is 2.98. The van der Waals surface area contributed by atoms with Crippen LogP contribution in [0.1, 0.15) is 16.7 Å². The number of fused-ring (bicyclic) bond motifs is 1. The number of aromatic amines is 1. The SMILES string of the molecule is Cc1cscc1CNCc1ccc2[nH]ccc2c1. The van der Waals surface area contributed by atoms with Crippen LogP contribution in [0.2, 0.25) is 0 Å². The molecule has 92 valence electrons. The first kappa shape index (κ1) is 11.5. The van der Waals surface area contributed by atoms with Gasteiger partial charge < -0.3 is 10.3 Å². The number of benzene rings is 1. The van der Waals surface area contributed by atoms with E-state index in [0.29, 0.717) is 0 Å². The second-order valence-corrected chi connectivity index (χ2v) is 5.33. The van der Waals surface area contributed by atoms with Crippen molar-refractivity contribution in [1.82, 2.24) is 10.3 Å². The summed E-state index contributed by atoms with van der Waals surface area (Å²) in [6.07, 6.45) is 1.98. The average molecular weight is 256 g/mol. The largest absolute Gasteiger partial charge is 0.361 e. The Morgan fingerprint density at radius 1 is 1.17 bits per heavy atom. The van der Waals surface area contributed by atoms with Crippen molar-refractivity contribution in [3.8, 4) is 0 Å². The Kier molecular flexibility index (Phi) is 3.17. The number of hydrogen-bond donors (Lipinski definition) is 2. The highest BCUT2D eigenvalue weighted by atomic mass is 32.1. The maximum Gasteiger partial charge on any atom is 0.0454 e. The zero-order valence-corrected chi connectivity index (χ0v) is 11.2. The van der Waals surface area contributed by atoms with Gasteiger partial charge in [0.2, 0.25) is 0 Å². The Labute approximate surface area is 111 Å². The van der Waals surface area contributed by atoms with Crippen LogP contribution in [0.15, 0.2) is 41.2 Å². The van der Waals surface area contributed by atoms with Gasteiger partial charge in [0.05, 0.1) is 0 Å². The molecule has 0 aliphatic rings. The van der Waals surface area contributed by atoms with Gasteiger partial charge in [-0.1, -0.05) is 6.07 Å². The lowest BCUT2D eigenvalue weighted by Crippen LogP contribution is -2.12. The number of hydrogen-bond acceptors (Lipinski definition) is 2. The van der Waals surface area contributed by atoms with Crippen molar-refractivity contribution < 1.29 is 0 Å². The summed E-state index contributed by atoms with van der Waals surface area (Å²) in [4.78, 5) is 3.21. The maximum absolute atomic E-state index is 3.50. The van der Waals surface area contributed by atoms with Crippen molar-refractivity contribution in [1.29, 1.82) is 0 Å². The van der Waals surface area contributed by atoms with Crippen molar-refractivity contribution in [2.24, 2.45) is 0 Å². The van der Waals surface area contributed by atoms with Gasteiger partial charge in [-0.2, -0.15) is 11.3 Å². The van der Waals surface area contributed by atoms with Crippen LogP contribution >= 0.6 is 11.3 Å². The van der Waals surface area contributed by atoms with E-state index in [1.807, 2.05) is 6.20 Å². The molecule has 3 aromatic rings. The minimum atomic E-state index is 0.913. The third-order valence-corrected chi connectivity index (χ3v) is 4.13. The highest BCUT2D eigenvalue weighted by Crippen LogP contribution is 2.15. The van der Waals surface area contributed by atoms with Crippen LogP contribution in [0.4, 0.5) is 0 Å². The molecule has 0 spiro atoms. The van der Waals surface area contributed by atoms with Gasteiger partial charge in [-0.3, -0.25) is 0 Å². The zero-order valence-electron chi connectivity index (χ0n) is 10.4. The molecule has 2 aromatic heterocycles. The Bertz CT molecular complexity index is 651. The molecule has 2 heterocycles. The Morgan fingerprint density at radius 2 is 2.11 bits per heavy atom. The van der Waals surface area contributed by atoms with E-state index < -0.39 is 0 Å². The summed E-state index contributed by atoms with van der Waals surface area (Å²) in [6.45, 7) is 4.02. The molecule has 0 radical (unpaired) electrons. The fraction of sp³-hybridized carbons (Fsp3) is 0.200. The number of thiophene rings is 1. The standard InChI is InChI=1S/C15H16N2S/c1-11-9-18-10-14(11)8-16-7-12-2-3-15-13(6-12)4-5-17-15/h2-6,9-10,16-17H,7-8H2,1H3. The van der Waals surface area contributed by atoms with E-state index in [1.165, 1.54) is 27.6 Å². The Hall–Kier alpha value is -1.58. The molecule has 0 amide bonds. The van der Waals surface area contributed by atoms with Gasteiger partial charge in [0.1, 0.15) is 0 Å². The van der Waals surface area contributed by atoms with Crippen molar-refractivity contribution in [2.75, 3.05) is 0 Å².